The molecule has 0 aromatic heterocycles. The van der Waals surface area contributed by atoms with E-state index in [1.165, 1.54) is 18.1 Å². The summed E-state index contributed by atoms with van der Waals surface area (Å²) in [6.07, 6.45) is 3.39. The van der Waals surface area contributed by atoms with Crippen LogP contribution in [0.5, 0.6) is 5.75 Å². The number of nitrogens with zero attached hydrogens (tertiary/aromatic N) is 3. The number of esters is 1. The van der Waals surface area contributed by atoms with Crippen LogP contribution in [0, 0.1) is 11.2 Å². The number of ether oxygens (including phenoxy) is 3. The fourth-order valence-corrected chi connectivity index (χ4v) is 9.37. The van der Waals surface area contributed by atoms with E-state index < -0.39 is 17.4 Å². The molecule has 4 aliphatic heterocycles. The standard InChI is InChI=1S/C36H36Cl2FN3O6/c1-35(45)15-36(16-35)17-41(18-36)23-8-27(37)31(28(38)9-23)33(43)40-12-20-4-3-5-24(32(20)48-19-40)25-11-30(26(10-29(25)39)34(44)46-2)42-21-6-7-22(42)14-47-13-21/h3-5,8-11,21-22,45H,6-7,12-19H2,1-2H3. The minimum Gasteiger partial charge on any atom is -0.472 e. The first kappa shape index (κ1) is 31.7. The van der Waals surface area contributed by atoms with Crippen LogP contribution in [0.1, 0.15) is 58.9 Å². The number of benzene rings is 3. The summed E-state index contributed by atoms with van der Waals surface area (Å²) in [5, 5.41) is 10.7. The molecule has 0 radical (unpaired) electrons. The van der Waals surface area contributed by atoms with Gasteiger partial charge in [0, 0.05) is 40.9 Å². The van der Waals surface area contributed by atoms with Gasteiger partial charge in [-0.25, -0.2) is 9.18 Å². The van der Waals surface area contributed by atoms with E-state index in [0.29, 0.717) is 41.3 Å². The van der Waals surface area contributed by atoms with Crippen LogP contribution in [-0.4, -0.2) is 79.7 Å². The van der Waals surface area contributed by atoms with Gasteiger partial charge in [-0.3, -0.25) is 4.79 Å². The number of anilines is 2. The van der Waals surface area contributed by atoms with Gasteiger partial charge in [0.25, 0.3) is 5.91 Å². The largest absolute Gasteiger partial charge is 0.472 e. The van der Waals surface area contributed by atoms with Gasteiger partial charge in [0.15, 0.2) is 6.73 Å². The van der Waals surface area contributed by atoms with Crippen molar-refractivity contribution in [3.8, 4) is 16.9 Å². The van der Waals surface area contributed by atoms with Crippen LogP contribution in [0.25, 0.3) is 11.1 Å². The van der Waals surface area contributed by atoms with Crippen molar-refractivity contribution >= 4 is 46.5 Å². The number of carbonyl (C=O) groups excluding carboxylic acids is 2. The summed E-state index contributed by atoms with van der Waals surface area (Å²) in [4.78, 5) is 32.4. The van der Waals surface area contributed by atoms with Gasteiger partial charge in [-0.15, -0.1) is 0 Å². The number of aliphatic hydroxyl groups is 1. The molecule has 1 aliphatic carbocycles. The summed E-state index contributed by atoms with van der Waals surface area (Å²) in [6.45, 7) is 4.68. The third kappa shape index (κ3) is 5.19. The SMILES string of the molecule is COC(=O)c1cc(F)c(-c2cccc3c2OCN(C(=O)c2c(Cl)cc(N4CC5(C4)CC(C)(O)C5)cc2Cl)C3)cc1N1C2CCC1COC2. The third-order valence-electron chi connectivity index (χ3n) is 10.6. The Hall–Kier alpha value is -3.57. The first-order chi connectivity index (χ1) is 23.0. The molecule has 4 heterocycles. The van der Waals surface area contributed by atoms with Crippen LogP contribution < -0.4 is 14.5 Å². The molecule has 5 aliphatic rings. The van der Waals surface area contributed by atoms with Crippen LogP contribution in [-0.2, 0) is 16.0 Å². The van der Waals surface area contributed by atoms with Crippen molar-refractivity contribution in [2.45, 2.75) is 56.8 Å². The van der Waals surface area contributed by atoms with Crippen molar-refractivity contribution in [1.29, 1.82) is 0 Å². The fraction of sp³-hybridized carbons (Fsp3) is 0.444. The van der Waals surface area contributed by atoms with E-state index in [2.05, 4.69) is 9.80 Å². The van der Waals surface area contributed by atoms with Crippen molar-refractivity contribution in [1.82, 2.24) is 4.90 Å². The summed E-state index contributed by atoms with van der Waals surface area (Å²) in [7, 11) is 1.29. The van der Waals surface area contributed by atoms with Crippen LogP contribution >= 0.6 is 23.2 Å². The van der Waals surface area contributed by atoms with E-state index in [1.807, 2.05) is 13.0 Å². The molecule has 8 rings (SSSR count). The van der Waals surface area contributed by atoms with Crippen molar-refractivity contribution in [2.75, 3.05) is 49.9 Å². The Morgan fingerprint density at radius 3 is 2.35 bits per heavy atom. The zero-order valence-corrected chi connectivity index (χ0v) is 28.2. The highest BCUT2D eigenvalue weighted by Gasteiger charge is 2.57. The molecule has 3 aromatic rings. The van der Waals surface area contributed by atoms with E-state index in [4.69, 9.17) is 37.4 Å². The van der Waals surface area contributed by atoms with Gasteiger partial charge in [0.1, 0.15) is 11.6 Å². The average molecular weight is 697 g/mol. The first-order valence-corrected chi connectivity index (χ1v) is 17.0. The molecule has 1 amide bonds. The number of para-hydroxylation sites is 1. The second-order valence-electron chi connectivity index (χ2n) is 14.2. The second-order valence-corrected chi connectivity index (χ2v) is 15.0. The summed E-state index contributed by atoms with van der Waals surface area (Å²) < 4.78 is 32.9. The number of rotatable bonds is 5. The number of hydrogen-bond donors (Lipinski definition) is 1. The monoisotopic (exact) mass is 695 g/mol. The molecule has 2 atom stereocenters. The van der Waals surface area contributed by atoms with Gasteiger partial charge in [-0.1, -0.05) is 41.4 Å². The lowest BCUT2D eigenvalue weighted by Crippen LogP contribution is -2.67. The number of carbonyl (C=O) groups is 2. The minimum atomic E-state index is -0.603. The fourth-order valence-electron chi connectivity index (χ4n) is 8.73. The zero-order chi connectivity index (χ0) is 33.5. The predicted molar refractivity (Wildman–Crippen MR) is 180 cm³/mol. The molecule has 252 valence electrons. The summed E-state index contributed by atoms with van der Waals surface area (Å²) in [5.74, 6) is -1.09. The minimum absolute atomic E-state index is 0.0848. The van der Waals surface area contributed by atoms with Gasteiger partial charge < -0.3 is 34.0 Å². The maximum absolute atomic E-state index is 15.9. The molecule has 4 fully saturated rings. The number of morpholine rings is 1. The Morgan fingerprint density at radius 2 is 1.71 bits per heavy atom. The molecule has 1 N–H and O–H groups in total. The van der Waals surface area contributed by atoms with Crippen LogP contribution in [0.3, 0.4) is 0 Å². The molecule has 3 saturated heterocycles. The zero-order valence-electron chi connectivity index (χ0n) is 26.7. The number of methoxy groups -OCH3 is 1. The van der Waals surface area contributed by atoms with Crippen LogP contribution in [0.4, 0.5) is 15.8 Å². The summed E-state index contributed by atoms with van der Waals surface area (Å²) in [5.41, 5.74) is 2.87. The number of halogens is 3. The van der Waals surface area contributed by atoms with Gasteiger partial charge in [-0.2, -0.15) is 0 Å². The van der Waals surface area contributed by atoms with E-state index in [9.17, 15) is 14.7 Å². The second kappa shape index (κ2) is 11.5. The highest BCUT2D eigenvalue weighted by molar-refractivity contribution is 6.40. The van der Waals surface area contributed by atoms with E-state index in [1.54, 1.807) is 30.3 Å². The van der Waals surface area contributed by atoms with Gasteiger partial charge in [0.2, 0.25) is 0 Å². The Balaban J connectivity index is 1.05. The van der Waals surface area contributed by atoms with Crippen molar-refractivity contribution in [2.24, 2.45) is 5.41 Å². The van der Waals surface area contributed by atoms with Gasteiger partial charge in [-0.05, 0) is 56.9 Å². The Morgan fingerprint density at radius 1 is 1.02 bits per heavy atom. The third-order valence-corrected chi connectivity index (χ3v) is 11.2. The van der Waals surface area contributed by atoms with Crippen molar-refractivity contribution in [3.05, 3.63) is 75.0 Å². The molecule has 12 heteroatoms. The Labute approximate surface area is 288 Å². The van der Waals surface area contributed by atoms with Gasteiger partial charge >= 0.3 is 5.97 Å². The highest BCUT2D eigenvalue weighted by atomic mass is 35.5. The smallest absolute Gasteiger partial charge is 0.340 e. The lowest BCUT2D eigenvalue weighted by Gasteiger charge is -2.62. The van der Waals surface area contributed by atoms with Crippen molar-refractivity contribution in [3.63, 3.8) is 0 Å². The Bertz CT molecular complexity index is 1800. The quantitative estimate of drug-likeness (QED) is 0.311. The maximum Gasteiger partial charge on any atom is 0.340 e. The molecular weight excluding hydrogens is 660 g/mol. The topological polar surface area (TPSA) is 91.8 Å². The lowest BCUT2D eigenvalue weighted by molar-refractivity contribution is -0.126. The van der Waals surface area contributed by atoms with E-state index >= 15 is 4.39 Å². The Kier molecular flexibility index (Phi) is 7.60. The molecule has 3 aromatic carbocycles. The maximum atomic E-state index is 15.9. The first-order valence-electron chi connectivity index (χ1n) is 16.2. The van der Waals surface area contributed by atoms with Gasteiger partial charge in [0.05, 0.1) is 71.4 Å². The number of fused-ring (bicyclic) bond motifs is 3. The molecule has 1 spiro atoms. The summed E-state index contributed by atoms with van der Waals surface area (Å²) >= 11 is 13.4. The molecule has 9 nitrogen and oxygen atoms in total. The average Bonchev–Trinajstić information content (AvgIpc) is 3.27. The molecule has 1 saturated carbocycles. The molecule has 2 bridgehead atoms. The highest BCUT2D eigenvalue weighted by Crippen LogP contribution is 2.55. The van der Waals surface area contributed by atoms with E-state index in [-0.39, 0.29) is 57.9 Å². The normalized spacial score (nSPS) is 23.2. The lowest BCUT2D eigenvalue weighted by atomic mass is 9.56. The van der Waals surface area contributed by atoms with Crippen molar-refractivity contribution < 1.29 is 33.3 Å². The molecule has 48 heavy (non-hydrogen) atoms. The van der Waals surface area contributed by atoms with E-state index in [0.717, 1.165) is 44.5 Å². The summed E-state index contributed by atoms with van der Waals surface area (Å²) in [6, 6.07) is 12.1. The van der Waals surface area contributed by atoms with Crippen LogP contribution in [0.2, 0.25) is 10.0 Å². The predicted octanol–water partition coefficient (Wildman–Crippen LogP) is 6.30. The number of amides is 1. The number of hydrogen-bond acceptors (Lipinski definition) is 8. The molecular formula is C36H36Cl2FN3O6. The molecule has 2 unspecified atom stereocenters. The van der Waals surface area contributed by atoms with Crippen LogP contribution in [0.15, 0.2) is 42.5 Å².